The molecule has 0 aromatic heterocycles. The van der Waals surface area contributed by atoms with E-state index in [4.69, 9.17) is 19.2 Å². The van der Waals surface area contributed by atoms with Crippen molar-refractivity contribution in [2.75, 3.05) is 0 Å². The minimum atomic E-state index is 0.875. The second-order valence-electron chi connectivity index (χ2n) is 0.0505. The molecule has 11 heavy (non-hydrogen) atoms. The molecule has 4 nitrogen and oxygen atoms in total. The van der Waals surface area contributed by atoms with Gasteiger partial charge in [-0.05, 0) is 0 Å². The molecular formula is C4Br2FeO4. The number of rotatable bonds is 0. The van der Waals surface area contributed by atoms with E-state index in [1.54, 1.807) is 0 Å². The maximum absolute atomic E-state index is 7.50. The van der Waals surface area contributed by atoms with E-state index < -0.39 is 0 Å². The molecule has 0 aliphatic heterocycles. The van der Waals surface area contributed by atoms with Gasteiger partial charge in [-0.1, -0.05) is 0 Å². The van der Waals surface area contributed by atoms with Crippen LogP contribution < -0.4 is 0 Å². The first-order valence-corrected chi connectivity index (χ1v) is 6.54. The van der Waals surface area contributed by atoms with Crippen molar-refractivity contribution in [1.29, 1.82) is 0 Å². The largest absolute Gasteiger partial charge is 0.281 e. The van der Waals surface area contributed by atoms with Crippen LogP contribution in [0.25, 0.3) is 0 Å². The fourth-order valence-corrected chi connectivity index (χ4v) is 0. The molecule has 0 unspecified atom stereocenters. The molecule has 0 atom stereocenters. The zero-order valence-electron chi connectivity index (χ0n) is 4.74. The molecule has 0 saturated carbocycles. The van der Waals surface area contributed by atoms with Gasteiger partial charge < -0.3 is 0 Å². The van der Waals surface area contributed by atoms with E-state index in [-0.39, 0.29) is 0 Å². The van der Waals surface area contributed by atoms with Gasteiger partial charge in [-0.15, -0.1) is 0 Å². The summed E-state index contributed by atoms with van der Waals surface area (Å²) in [5.41, 5.74) is 0. The summed E-state index contributed by atoms with van der Waals surface area (Å²) in [5.74, 6) is 0. The molecule has 0 heterocycles. The zero-order chi connectivity index (χ0) is 10.7. The number of hydrogen-bond donors (Lipinski definition) is 0. The van der Waals surface area contributed by atoms with Crippen molar-refractivity contribution in [3.05, 3.63) is 0 Å². The van der Waals surface area contributed by atoms with Gasteiger partial charge in [0.25, 0.3) is 27.2 Å². The van der Waals surface area contributed by atoms with Gasteiger partial charge in [0.2, 0.25) is 0 Å². The number of hydrogen-bond acceptors (Lipinski definition) is 4. The first kappa shape index (κ1) is 30.4. The van der Waals surface area contributed by atoms with Gasteiger partial charge >= 0.3 is 39.6 Å². The Kier molecular flexibility index (Phi) is 1750. The van der Waals surface area contributed by atoms with Gasteiger partial charge in [0.1, 0.15) is 0 Å². The zero-order valence-corrected chi connectivity index (χ0v) is 9.02. The summed E-state index contributed by atoms with van der Waals surface area (Å²) >= 11 is 7.00. The van der Waals surface area contributed by atoms with Gasteiger partial charge in [0, 0.05) is 0 Å². The minimum Gasteiger partial charge on any atom is -0.281 e. The van der Waals surface area contributed by atoms with Crippen LogP contribution in [-0.2, 0) is 30.5 Å². The Hall–Kier alpha value is 0.159. The van der Waals surface area contributed by atoms with Crippen LogP contribution in [0.15, 0.2) is 0 Å². The summed E-state index contributed by atoms with van der Waals surface area (Å²) in [4.78, 5) is 30.0. The molecule has 0 N–H and O–H groups in total. The summed E-state index contributed by atoms with van der Waals surface area (Å²) in [6.45, 7) is 18.0. The molecule has 8 radical (unpaired) electrons. The first-order valence-electron chi connectivity index (χ1n) is 1.08. The molecule has 62 valence electrons. The van der Waals surface area contributed by atoms with Crippen molar-refractivity contribution in [1.82, 2.24) is 0 Å². The molecule has 0 fully saturated rings. The Balaban J connectivity index is -0.0000000139. The SMILES string of the molecule is [Br][Fe][Br].[C]=O.[C]=O.[C]=O.[C]=O. The molecule has 0 amide bonds. The second-order valence-corrected chi connectivity index (χ2v) is 5.62. The van der Waals surface area contributed by atoms with Gasteiger partial charge in [0.05, 0.1) is 0 Å². The van der Waals surface area contributed by atoms with Crippen molar-refractivity contribution >= 4 is 55.4 Å². The van der Waals surface area contributed by atoms with Crippen molar-refractivity contribution in [2.24, 2.45) is 0 Å². The Bertz CT molecular complexity index is 35.3. The minimum absolute atomic E-state index is 0.875. The molecular weight excluding hydrogens is 328 g/mol. The maximum atomic E-state index is 7.50. The van der Waals surface area contributed by atoms with E-state index in [2.05, 4.69) is 55.4 Å². The molecule has 0 aliphatic carbocycles. The van der Waals surface area contributed by atoms with E-state index >= 15 is 0 Å². The predicted molar refractivity (Wildman–Crippen MR) is 40.6 cm³/mol. The van der Waals surface area contributed by atoms with Crippen LogP contribution in [-0.4, -0.2) is 27.2 Å². The van der Waals surface area contributed by atoms with E-state index in [0.29, 0.717) is 0 Å². The summed E-state index contributed by atoms with van der Waals surface area (Å²) in [7, 11) is 0. The molecule has 0 rings (SSSR count). The topological polar surface area (TPSA) is 68.3 Å². The Labute approximate surface area is 85.6 Å². The third kappa shape index (κ3) is 26600. The average Bonchev–Trinajstić information content (AvgIpc) is 2.18. The number of halogens is 2. The monoisotopic (exact) mass is 326 g/mol. The van der Waals surface area contributed by atoms with E-state index in [1.165, 1.54) is 0 Å². The fraction of sp³-hybridized carbons (Fsp3) is 0. The van der Waals surface area contributed by atoms with Crippen LogP contribution in [0, 0.1) is 0 Å². The summed E-state index contributed by atoms with van der Waals surface area (Å²) in [6, 6.07) is 0. The Morgan fingerprint density at radius 2 is 0.636 bits per heavy atom. The molecule has 0 saturated heterocycles. The molecule has 0 bridgehead atoms. The van der Waals surface area contributed by atoms with Crippen molar-refractivity contribution in [3.63, 3.8) is 0 Å². The third-order valence-electron chi connectivity index (χ3n) is 0. The standard InChI is InChI=1S/4CO.2BrH.Fe/c4*1-2;;;/h;;;;2*1H;/q;;;;;;+2/p-2. The van der Waals surface area contributed by atoms with Gasteiger partial charge in [-0.2, -0.15) is 0 Å². The average molecular weight is 328 g/mol. The van der Waals surface area contributed by atoms with Crippen LogP contribution in [0.1, 0.15) is 0 Å². The molecule has 0 aromatic rings. The van der Waals surface area contributed by atoms with Crippen LogP contribution in [0.3, 0.4) is 0 Å². The first-order chi connectivity index (χ1) is 5.41. The molecule has 0 aromatic carbocycles. The second kappa shape index (κ2) is 634. The normalized spacial score (nSPS) is 3.45. The van der Waals surface area contributed by atoms with Crippen LogP contribution in [0.2, 0.25) is 0 Å². The van der Waals surface area contributed by atoms with Crippen molar-refractivity contribution < 1.29 is 30.5 Å². The van der Waals surface area contributed by atoms with Crippen LogP contribution >= 0.6 is 28.2 Å². The summed E-state index contributed by atoms with van der Waals surface area (Å²) in [5, 5.41) is 0. The smallest absolute Gasteiger partial charge is 0.281 e. The predicted octanol–water partition coefficient (Wildman–Crippen LogP) is 0.100. The van der Waals surface area contributed by atoms with Crippen molar-refractivity contribution in [2.45, 2.75) is 0 Å². The van der Waals surface area contributed by atoms with E-state index in [1.807, 2.05) is 0 Å². The molecule has 0 spiro atoms. The maximum Gasteiger partial charge on any atom is 0.281 e. The quantitative estimate of drug-likeness (QED) is 0.592. The molecule has 0 aliphatic rings. The third-order valence-corrected chi connectivity index (χ3v) is 0. The summed E-state index contributed by atoms with van der Waals surface area (Å²) in [6.07, 6.45) is 0. The Morgan fingerprint density at radius 3 is 0.636 bits per heavy atom. The van der Waals surface area contributed by atoms with E-state index in [9.17, 15) is 0 Å². The van der Waals surface area contributed by atoms with Gasteiger partial charge in [0.15, 0.2) is 0 Å². The van der Waals surface area contributed by atoms with Gasteiger partial charge in [-0.3, -0.25) is 19.2 Å². The van der Waals surface area contributed by atoms with E-state index in [0.717, 1.165) is 11.3 Å². The number of carbonyl (C=O) groups excluding carboxylic acids is 4. The van der Waals surface area contributed by atoms with Crippen molar-refractivity contribution in [3.8, 4) is 0 Å². The van der Waals surface area contributed by atoms with Crippen LogP contribution in [0.4, 0.5) is 0 Å². The van der Waals surface area contributed by atoms with Gasteiger partial charge in [-0.25, -0.2) is 0 Å². The Morgan fingerprint density at radius 1 is 0.636 bits per heavy atom. The molecule has 7 heteroatoms. The fourth-order valence-electron chi connectivity index (χ4n) is 0. The van der Waals surface area contributed by atoms with Crippen LogP contribution in [0.5, 0.6) is 0 Å². The summed E-state index contributed by atoms with van der Waals surface area (Å²) < 4.78 is 0.